The second-order valence-electron chi connectivity index (χ2n) is 4.67. The molecule has 1 aliphatic rings. The van der Waals surface area contributed by atoms with Gasteiger partial charge in [0.05, 0.1) is 6.61 Å². The predicted molar refractivity (Wildman–Crippen MR) is 74.1 cm³/mol. The Morgan fingerprint density at radius 2 is 2.33 bits per heavy atom. The summed E-state index contributed by atoms with van der Waals surface area (Å²) < 4.78 is 10.8. The highest BCUT2D eigenvalue weighted by Crippen LogP contribution is 2.23. The van der Waals surface area contributed by atoms with Crippen molar-refractivity contribution in [2.45, 2.75) is 19.8 Å². The van der Waals surface area contributed by atoms with Crippen LogP contribution in [0.15, 0.2) is 18.2 Å². The van der Waals surface area contributed by atoms with E-state index in [0.717, 1.165) is 43.3 Å². The van der Waals surface area contributed by atoms with Crippen LogP contribution in [0.4, 0.5) is 11.4 Å². The number of ether oxygens (including phenoxy) is 2. The lowest BCUT2D eigenvalue weighted by atomic mass is 10.1. The van der Waals surface area contributed by atoms with E-state index in [9.17, 15) is 0 Å². The van der Waals surface area contributed by atoms with Gasteiger partial charge in [-0.2, -0.15) is 0 Å². The average molecular weight is 250 g/mol. The molecule has 0 saturated carbocycles. The maximum Gasteiger partial charge on any atom is 0.123 e. The van der Waals surface area contributed by atoms with Crippen molar-refractivity contribution in [3.05, 3.63) is 18.2 Å². The SMILES string of the molecule is CCOc1cc(N)cc(NCCC2CCOC2)c1. The van der Waals surface area contributed by atoms with Gasteiger partial charge in [0.25, 0.3) is 0 Å². The number of nitrogens with two attached hydrogens (primary N) is 1. The van der Waals surface area contributed by atoms with Crippen molar-refractivity contribution in [3.63, 3.8) is 0 Å². The third-order valence-corrected chi connectivity index (χ3v) is 3.15. The van der Waals surface area contributed by atoms with Gasteiger partial charge in [0, 0.05) is 43.3 Å². The van der Waals surface area contributed by atoms with E-state index in [2.05, 4.69) is 5.32 Å². The molecule has 1 aromatic carbocycles. The minimum absolute atomic E-state index is 0.655. The quantitative estimate of drug-likeness (QED) is 0.762. The number of anilines is 2. The number of hydrogen-bond donors (Lipinski definition) is 2. The summed E-state index contributed by atoms with van der Waals surface area (Å²) in [7, 11) is 0. The fourth-order valence-corrected chi connectivity index (χ4v) is 2.21. The Morgan fingerprint density at radius 3 is 3.06 bits per heavy atom. The highest BCUT2D eigenvalue weighted by Gasteiger charge is 2.14. The molecule has 1 heterocycles. The molecule has 1 atom stereocenters. The summed E-state index contributed by atoms with van der Waals surface area (Å²) in [6, 6.07) is 5.78. The lowest BCUT2D eigenvalue weighted by Gasteiger charge is -2.12. The van der Waals surface area contributed by atoms with Crippen molar-refractivity contribution < 1.29 is 9.47 Å². The van der Waals surface area contributed by atoms with Gasteiger partial charge in [0.1, 0.15) is 5.75 Å². The van der Waals surface area contributed by atoms with Crippen LogP contribution in [0.25, 0.3) is 0 Å². The Hall–Kier alpha value is -1.42. The van der Waals surface area contributed by atoms with Crippen molar-refractivity contribution in [1.29, 1.82) is 0 Å². The first-order chi connectivity index (χ1) is 8.78. The van der Waals surface area contributed by atoms with Crippen LogP contribution in [0, 0.1) is 5.92 Å². The maximum absolute atomic E-state index is 5.84. The van der Waals surface area contributed by atoms with Gasteiger partial charge in [-0.3, -0.25) is 0 Å². The van der Waals surface area contributed by atoms with Gasteiger partial charge in [0.15, 0.2) is 0 Å². The fraction of sp³-hybridized carbons (Fsp3) is 0.571. The van der Waals surface area contributed by atoms with Crippen LogP contribution in [0.1, 0.15) is 19.8 Å². The van der Waals surface area contributed by atoms with Crippen molar-refractivity contribution in [1.82, 2.24) is 0 Å². The maximum atomic E-state index is 5.84. The lowest BCUT2D eigenvalue weighted by Crippen LogP contribution is -2.09. The van der Waals surface area contributed by atoms with E-state index in [1.165, 1.54) is 6.42 Å². The minimum Gasteiger partial charge on any atom is -0.494 e. The summed E-state index contributed by atoms with van der Waals surface area (Å²) in [5, 5.41) is 3.40. The number of benzene rings is 1. The average Bonchev–Trinajstić information content (AvgIpc) is 2.82. The standard InChI is InChI=1S/C14H22N2O2/c1-2-18-14-8-12(15)7-13(9-14)16-5-3-11-4-6-17-10-11/h7-9,11,16H,2-6,10,15H2,1H3. The topological polar surface area (TPSA) is 56.5 Å². The van der Waals surface area contributed by atoms with Crippen LogP contribution < -0.4 is 15.8 Å². The number of nitrogen functional groups attached to an aromatic ring is 1. The molecule has 18 heavy (non-hydrogen) atoms. The normalized spacial score (nSPS) is 18.8. The summed E-state index contributed by atoms with van der Waals surface area (Å²) in [5.74, 6) is 1.52. The van der Waals surface area contributed by atoms with E-state index in [1.54, 1.807) is 0 Å². The summed E-state index contributed by atoms with van der Waals surface area (Å²) in [5.41, 5.74) is 7.60. The fourth-order valence-electron chi connectivity index (χ4n) is 2.21. The molecule has 0 spiro atoms. The Kier molecular flexibility index (Phi) is 4.70. The second-order valence-corrected chi connectivity index (χ2v) is 4.67. The van der Waals surface area contributed by atoms with Crippen molar-refractivity contribution in [2.24, 2.45) is 5.92 Å². The zero-order valence-corrected chi connectivity index (χ0v) is 10.9. The molecule has 0 aliphatic carbocycles. The van der Waals surface area contributed by atoms with Crippen LogP contribution >= 0.6 is 0 Å². The Balaban J connectivity index is 1.83. The third-order valence-electron chi connectivity index (χ3n) is 3.15. The monoisotopic (exact) mass is 250 g/mol. The Labute approximate surface area is 108 Å². The van der Waals surface area contributed by atoms with Crippen LogP contribution in [0.5, 0.6) is 5.75 Å². The van der Waals surface area contributed by atoms with Gasteiger partial charge in [-0.25, -0.2) is 0 Å². The van der Waals surface area contributed by atoms with E-state index in [4.69, 9.17) is 15.2 Å². The first kappa shape index (κ1) is 13.0. The molecule has 100 valence electrons. The van der Waals surface area contributed by atoms with Gasteiger partial charge < -0.3 is 20.5 Å². The highest BCUT2D eigenvalue weighted by atomic mass is 16.5. The molecule has 1 unspecified atom stereocenters. The van der Waals surface area contributed by atoms with Crippen molar-refractivity contribution in [2.75, 3.05) is 37.4 Å². The van der Waals surface area contributed by atoms with E-state index >= 15 is 0 Å². The summed E-state index contributed by atoms with van der Waals surface area (Å²) in [6.07, 6.45) is 2.32. The molecular formula is C14H22N2O2. The largest absolute Gasteiger partial charge is 0.494 e. The van der Waals surface area contributed by atoms with Crippen LogP contribution in [0.3, 0.4) is 0 Å². The van der Waals surface area contributed by atoms with Crippen molar-refractivity contribution in [3.8, 4) is 5.75 Å². The van der Waals surface area contributed by atoms with E-state index in [1.807, 2.05) is 25.1 Å². The lowest BCUT2D eigenvalue weighted by molar-refractivity contribution is 0.185. The molecule has 0 radical (unpaired) electrons. The molecule has 1 aromatic rings. The zero-order valence-electron chi connectivity index (χ0n) is 10.9. The van der Waals surface area contributed by atoms with Gasteiger partial charge in [-0.1, -0.05) is 0 Å². The Morgan fingerprint density at radius 1 is 1.44 bits per heavy atom. The van der Waals surface area contributed by atoms with Gasteiger partial charge in [-0.15, -0.1) is 0 Å². The van der Waals surface area contributed by atoms with Crippen molar-refractivity contribution >= 4 is 11.4 Å². The van der Waals surface area contributed by atoms with E-state index < -0.39 is 0 Å². The molecule has 0 amide bonds. The van der Waals surface area contributed by atoms with Gasteiger partial charge in [-0.05, 0) is 31.7 Å². The van der Waals surface area contributed by atoms with Crippen LogP contribution in [0.2, 0.25) is 0 Å². The highest BCUT2D eigenvalue weighted by molar-refractivity contribution is 5.59. The molecule has 3 N–H and O–H groups in total. The van der Waals surface area contributed by atoms with E-state index in [-0.39, 0.29) is 0 Å². The molecular weight excluding hydrogens is 228 g/mol. The van der Waals surface area contributed by atoms with Crippen LogP contribution in [-0.4, -0.2) is 26.4 Å². The summed E-state index contributed by atoms with van der Waals surface area (Å²) in [6.45, 7) is 5.39. The second kappa shape index (κ2) is 6.50. The molecule has 0 aromatic heterocycles. The first-order valence-corrected chi connectivity index (χ1v) is 6.63. The van der Waals surface area contributed by atoms with E-state index in [0.29, 0.717) is 12.5 Å². The summed E-state index contributed by atoms with van der Waals surface area (Å²) in [4.78, 5) is 0. The minimum atomic E-state index is 0.655. The molecule has 1 saturated heterocycles. The van der Waals surface area contributed by atoms with Crippen LogP contribution in [-0.2, 0) is 4.74 Å². The molecule has 1 aliphatic heterocycles. The molecule has 2 rings (SSSR count). The third kappa shape index (κ3) is 3.81. The molecule has 4 heteroatoms. The molecule has 1 fully saturated rings. The Bertz CT molecular complexity index is 376. The number of nitrogens with one attached hydrogen (secondary N) is 1. The predicted octanol–water partition coefficient (Wildman–Crippen LogP) is 2.51. The smallest absolute Gasteiger partial charge is 0.123 e. The number of rotatable bonds is 6. The molecule has 0 bridgehead atoms. The zero-order chi connectivity index (χ0) is 12.8. The molecule has 4 nitrogen and oxygen atoms in total. The van der Waals surface area contributed by atoms with Gasteiger partial charge in [0.2, 0.25) is 0 Å². The number of hydrogen-bond acceptors (Lipinski definition) is 4. The first-order valence-electron chi connectivity index (χ1n) is 6.63. The summed E-state index contributed by atoms with van der Waals surface area (Å²) >= 11 is 0. The van der Waals surface area contributed by atoms with Gasteiger partial charge >= 0.3 is 0 Å².